The van der Waals surface area contributed by atoms with E-state index in [1.165, 1.54) is 58.0 Å². The van der Waals surface area contributed by atoms with Gasteiger partial charge in [0, 0.05) is 17.3 Å². The van der Waals surface area contributed by atoms with Crippen LogP contribution >= 0.6 is 0 Å². The van der Waals surface area contributed by atoms with E-state index in [1.807, 2.05) is 12.4 Å². The molecule has 1 heterocycles. The van der Waals surface area contributed by atoms with Gasteiger partial charge in [-0.05, 0) is 69.7 Å². The number of ether oxygens (including phenoxy) is 1. The molecule has 4 heteroatoms. The summed E-state index contributed by atoms with van der Waals surface area (Å²) in [5, 5.41) is 0. The number of methoxy groups -OCH3 is 1. The van der Waals surface area contributed by atoms with E-state index >= 15 is 0 Å². The molecule has 2 aliphatic rings. The summed E-state index contributed by atoms with van der Waals surface area (Å²) in [5.41, 5.74) is 8.85. The molecular formula is C21H31N2O2. The number of nitrogen functional groups attached to an aromatic ring is 1. The van der Waals surface area contributed by atoms with Crippen LogP contribution in [-0.2, 0) is 11.2 Å². The highest BCUT2D eigenvalue weighted by molar-refractivity contribution is 5.82. The summed E-state index contributed by atoms with van der Waals surface area (Å²) in [6, 6.07) is 3.61. The fraction of sp³-hybridized carbons (Fsp3) is 0.667. The van der Waals surface area contributed by atoms with Gasteiger partial charge in [0.2, 0.25) is 6.29 Å². The molecule has 1 saturated heterocycles. The van der Waals surface area contributed by atoms with Gasteiger partial charge in [-0.1, -0.05) is 19.3 Å². The van der Waals surface area contributed by atoms with Crippen LogP contribution in [0.5, 0.6) is 5.75 Å². The number of hydrogen-bond acceptors (Lipinski definition) is 4. The highest BCUT2D eigenvalue weighted by atomic mass is 16.5. The summed E-state index contributed by atoms with van der Waals surface area (Å²) in [7, 11) is 1.55. The molecule has 4 nitrogen and oxygen atoms in total. The van der Waals surface area contributed by atoms with E-state index in [2.05, 4.69) is 11.8 Å². The Kier molecular flexibility index (Phi) is 5.67. The number of carbonyl (C=O) groups excluding carboxylic acids is 1. The summed E-state index contributed by atoms with van der Waals surface area (Å²) in [6.45, 7) is 4.83. The molecule has 0 unspecified atom stereocenters. The van der Waals surface area contributed by atoms with Gasteiger partial charge in [-0.25, -0.2) is 0 Å². The zero-order chi connectivity index (χ0) is 17.9. The van der Waals surface area contributed by atoms with Gasteiger partial charge in [0.15, 0.2) is 0 Å². The Morgan fingerprint density at radius 3 is 2.52 bits per heavy atom. The molecule has 137 valence electrons. The average Bonchev–Trinajstić information content (AvgIpc) is 2.64. The second kappa shape index (κ2) is 7.77. The fourth-order valence-corrected chi connectivity index (χ4v) is 4.68. The minimum atomic E-state index is 0.419. The van der Waals surface area contributed by atoms with Crippen LogP contribution in [0.4, 0.5) is 5.69 Å². The van der Waals surface area contributed by atoms with Crippen LogP contribution in [0.3, 0.4) is 0 Å². The molecule has 0 spiro atoms. The summed E-state index contributed by atoms with van der Waals surface area (Å²) in [6.07, 6.45) is 12.2. The number of anilines is 1. The summed E-state index contributed by atoms with van der Waals surface area (Å²) in [4.78, 5) is 13.9. The van der Waals surface area contributed by atoms with Gasteiger partial charge in [-0.15, -0.1) is 0 Å². The molecule has 1 aliphatic heterocycles. The van der Waals surface area contributed by atoms with Crippen LogP contribution in [0.1, 0.15) is 63.0 Å². The first-order chi connectivity index (χ1) is 12.1. The van der Waals surface area contributed by atoms with Crippen molar-refractivity contribution in [2.24, 2.45) is 5.92 Å². The van der Waals surface area contributed by atoms with Crippen LogP contribution < -0.4 is 10.5 Å². The molecule has 1 aromatic rings. The van der Waals surface area contributed by atoms with Crippen LogP contribution in [0.15, 0.2) is 12.1 Å². The van der Waals surface area contributed by atoms with Crippen LogP contribution in [-0.4, -0.2) is 36.9 Å². The zero-order valence-electron chi connectivity index (χ0n) is 15.6. The number of piperidine rings is 1. The molecule has 0 atom stereocenters. The lowest BCUT2D eigenvalue weighted by atomic mass is 9.79. The number of nitrogens with two attached hydrogens (primary N) is 1. The lowest BCUT2D eigenvalue weighted by molar-refractivity contribution is 0.0341. The molecule has 1 aliphatic carbocycles. The third kappa shape index (κ3) is 4.00. The Hall–Kier alpha value is -1.55. The number of nitrogens with zero attached hydrogens (tertiary/aromatic N) is 1. The predicted octanol–water partition coefficient (Wildman–Crippen LogP) is 3.71. The van der Waals surface area contributed by atoms with Gasteiger partial charge in [0.05, 0.1) is 12.7 Å². The molecule has 0 amide bonds. The van der Waals surface area contributed by atoms with Crippen LogP contribution in [0.2, 0.25) is 0 Å². The molecule has 0 bridgehead atoms. The van der Waals surface area contributed by atoms with Gasteiger partial charge in [0.25, 0.3) is 0 Å². The van der Waals surface area contributed by atoms with E-state index in [1.54, 1.807) is 13.2 Å². The van der Waals surface area contributed by atoms with Crippen LogP contribution in [0.25, 0.3) is 0 Å². The molecule has 3 rings (SSSR count). The Morgan fingerprint density at radius 1 is 1.24 bits per heavy atom. The molecule has 2 N–H and O–H groups in total. The van der Waals surface area contributed by atoms with Gasteiger partial charge < -0.3 is 10.5 Å². The van der Waals surface area contributed by atoms with Crippen molar-refractivity contribution in [3.63, 3.8) is 0 Å². The Balaban J connectivity index is 1.61. The Morgan fingerprint density at radius 2 is 1.92 bits per heavy atom. The second-order valence-corrected chi connectivity index (χ2v) is 8.05. The Labute approximate surface area is 151 Å². The Bertz CT molecular complexity index is 600. The highest BCUT2D eigenvalue weighted by Gasteiger charge is 2.35. The number of hydrogen-bond donors (Lipinski definition) is 1. The summed E-state index contributed by atoms with van der Waals surface area (Å²) < 4.78 is 5.21. The lowest BCUT2D eigenvalue weighted by Crippen LogP contribution is -2.51. The fourth-order valence-electron chi connectivity index (χ4n) is 4.68. The lowest BCUT2D eigenvalue weighted by Gasteiger charge is -2.47. The molecule has 1 saturated carbocycles. The van der Waals surface area contributed by atoms with E-state index < -0.39 is 0 Å². The molecule has 0 aromatic heterocycles. The minimum absolute atomic E-state index is 0.419. The maximum Gasteiger partial charge on any atom is 0.237 e. The third-order valence-electron chi connectivity index (χ3n) is 6.39. The van der Waals surface area contributed by atoms with Crippen molar-refractivity contribution in [1.82, 2.24) is 4.90 Å². The smallest absolute Gasteiger partial charge is 0.237 e. The van der Waals surface area contributed by atoms with Gasteiger partial charge >= 0.3 is 0 Å². The van der Waals surface area contributed by atoms with Crippen LogP contribution in [0, 0.1) is 5.92 Å². The average molecular weight is 343 g/mol. The van der Waals surface area contributed by atoms with Gasteiger partial charge in [-0.3, -0.25) is 9.69 Å². The van der Waals surface area contributed by atoms with Crippen molar-refractivity contribution >= 4 is 12.0 Å². The monoisotopic (exact) mass is 343 g/mol. The largest absolute Gasteiger partial charge is 0.496 e. The summed E-state index contributed by atoms with van der Waals surface area (Å²) >= 11 is 0. The predicted molar refractivity (Wildman–Crippen MR) is 102 cm³/mol. The molecule has 1 aromatic carbocycles. The van der Waals surface area contributed by atoms with E-state index in [4.69, 9.17) is 10.5 Å². The van der Waals surface area contributed by atoms with Crippen molar-refractivity contribution in [1.29, 1.82) is 0 Å². The quantitative estimate of drug-likeness (QED) is 0.828. The zero-order valence-corrected chi connectivity index (χ0v) is 15.6. The van der Waals surface area contributed by atoms with E-state index in [0.717, 1.165) is 17.7 Å². The number of likely N-dealkylation sites (tertiary alicyclic amines) is 1. The normalized spacial score (nSPS) is 21.8. The SMILES string of the molecule is COc1cc(N)c(CC2CCN(C3(C)CCCCC3)CC2)cc1[C]=O. The topological polar surface area (TPSA) is 55.6 Å². The maximum atomic E-state index is 11.1. The second-order valence-electron chi connectivity index (χ2n) is 8.05. The van der Waals surface area contributed by atoms with E-state index in [9.17, 15) is 4.79 Å². The molecule has 1 radical (unpaired) electrons. The first-order valence-electron chi connectivity index (χ1n) is 9.65. The van der Waals surface area contributed by atoms with Gasteiger partial charge in [0.1, 0.15) is 5.75 Å². The van der Waals surface area contributed by atoms with E-state index in [0.29, 0.717) is 22.8 Å². The molecule has 25 heavy (non-hydrogen) atoms. The van der Waals surface area contributed by atoms with Crippen molar-refractivity contribution in [3.05, 3.63) is 23.3 Å². The van der Waals surface area contributed by atoms with Crippen molar-refractivity contribution < 1.29 is 9.53 Å². The van der Waals surface area contributed by atoms with Crippen molar-refractivity contribution in [2.75, 3.05) is 25.9 Å². The first kappa shape index (κ1) is 18.2. The van der Waals surface area contributed by atoms with Crippen molar-refractivity contribution in [2.45, 2.75) is 63.8 Å². The summed E-state index contributed by atoms with van der Waals surface area (Å²) in [5.74, 6) is 1.15. The van der Waals surface area contributed by atoms with Gasteiger partial charge in [-0.2, -0.15) is 0 Å². The van der Waals surface area contributed by atoms with E-state index in [-0.39, 0.29) is 0 Å². The first-order valence-corrected chi connectivity index (χ1v) is 9.65. The maximum absolute atomic E-state index is 11.1. The minimum Gasteiger partial charge on any atom is -0.496 e. The number of rotatable bonds is 5. The highest BCUT2D eigenvalue weighted by Crippen LogP contribution is 2.37. The number of benzene rings is 1. The molecular weight excluding hydrogens is 312 g/mol. The van der Waals surface area contributed by atoms with Crippen molar-refractivity contribution in [3.8, 4) is 5.75 Å². The molecule has 2 fully saturated rings. The third-order valence-corrected chi connectivity index (χ3v) is 6.39. The standard InChI is InChI=1S/C21H31N2O2/c1-21(8-4-3-5-9-21)23-10-6-16(7-11-23)12-17-13-18(15-24)20(25-2)14-19(17)22/h13-14,16H,3-12,22H2,1-2H3.